The van der Waals surface area contributed by atoms with E-state index in [0.29, 0.717) is 36.7 Å². The number of oxazole rings is 1. The van der Waals surface area contributed by atoms with Gasteiger partial charge in [0.2, 0.25) is 11.8 Å². The lowest BCUT2D eigenvalue weighted by molar-refractivity contribution is -0.141. The van der Waals surface area contributed by atoms with Gasteiger partial charge in [0.05, 0.1) is 12.3 Å². The zero-order valence-electron chi connectivity index (χ0n) is 22.2. The SMILES string of the molecule is Cc1oc(-c2ccccc2)nc1CCOc1ccc(CC2=C(C(=O)O)CCN(c3nccc(C(F)(F)F)n3)C2)cc1. The number of aryl methyl sites for hydroxylation is 1. The zero-order chi connectivity index (χ0) is 29.0. The molecule has 0 saturated heterocycles. The van der Waals surface area contributed by atoms with E-state index >= 15 is 0 Å². The summed E-state index contributed by atoms with van der Waals surface area (Å²) in [4.78, 5) is 25.7. The van der Waals surface area contributed by atoms with Crippen LogP contribution in [0.3, 0.4) is 0 Å². The van der Waals surface area contributed by atoms with Crippen molar-refractivity contribution in [2.45, 2.75) is 32.4 Å². The van der Waals surface area contributed by atoms with E-state index in [1.807, 2.05) is 49.4 Å². The Balaban J connectivity index is 1.21. The monoisotopic (exact) mass is 564 g/mol. The summed E-state index contributed by atoms with van der Waals surface area (Å²) in [5.41, 5.74) is 2.38. The van der Waals surface area contributed by atoms with Gasteiger partial charge in [-0.25, -0.2) is 19.7 Å². The molecular weight excluding hydrogens is 537 g/mol. The zero-order valence-corrected chi connectivity index (χ0v) is 22.2. The Bertz CT molecular complexity index is 1550. The molecule has 0 radical (unpaired) electrons. The molecule has 11 heteroatoms. The van der Waals surface area contributed by atoms with Crippen LogP contribution in [0.1, 0.15) is 29.1 Å². The molecule has 0 amide bonds. The van der Waals surface area contributed by atoms with E-state index in [4.69, 9.17) is 9.15 Å². The highest BCUT2D eigenvalue weighted by molar-refractivity contribution is 5.88. The number of rotatable bonds is 9. The Morgan fingerprint density at radius 3 is 2.54 bits per heavy atom. The van der Waals surface area contributed by atoms with Crippen molar-refractivity contribution in [1.82, 2.24) is 15.0 Å². The maximum absolute atomic E-state index is 13.1. The first-order valence-electron chi connectivity index (χ1n) is 13.0. The number of hydrogen-bond acceptors (Lipinski definition) is 7. The molecule has 1 aliphatic rings. The number of alkyl halides is 3. The molecule has 3 heterocycles. The smallest absolute Gasteiger partial charge is 0.433 e. The topological polar surface area (TPSA) is 102 Å². The fraction of sp³-hybridized carbons (Fsp3) is 0.267. The van der Waals surface area contributed by atoms with Crippen molar-refractivity contribution < 1.29 is 32.2 Å². The van der Waals surface area contributed by atoms with Crippen LogP contribution >= 0.6 is 0 Å². The van der Waals surface area contributed by atoms with Crippen LogP contribution in [0.2, 0.25) is 0 Å². The highest BCUT2D eigenvalue weighted by Crippen LogP contribution is 2.30. The van der Waals surface area contributed by atoms with Gasteiger partial charge >= 0.3 is 12.1 Å². The first-order chi connectivity index (χ1) is 19.7. The van der Waals surface area contributed by atoms with Gasteiger partial charge in [-0.05, 0) is 61.2 Å². The average molecular weight is 565 g/mol. The summed E-state index contributed by atoms with van der Waals surface area (Å²) in [6, 6.07) is 17.8. The Morgan fingerprint density at radius 1 is 1.07 bits per heavy atom. The number of carboxylic acids is 1. The minimum Gasteiger partial charge on any atom is -0.493 e. The summed E-state index contributed by atoms with van der Waals surface area (Å²) in [5, 5.41) is 9.73. The van der Waals surface area contributed by atoms with Gasteiger partial charge in [0.15, 0.2) is 0 Å². The Labute approximate surface area is 234 Å². The summed E-state index contributed by atoms with van der Waals surface area (Å²) < 4.78 is 51.1. The molecule has 8 nitrogen and oxygen atoms in total. The summed E-state index contributed by atoms with van der Waals surface area (Å²) in [5.74, 6) is 0.834. The van der Waals surface area contributed by atoms with Crippen molar-refractivity contribution in [2.24, 2.45) is 0 Å². The summed E-state index contributed by atoms with van der Waals surface area (Å²) in [7, 11) is 0. The fourth-order valence-electron chi connectivity index (χ4n) is 4.66. The molecule has 1 N–H and O–H groups in total. The standard InChI is InChI=1S/C30H27F3N4O4/c1-19-25(35-27(41-19)21-5-3-2-4-6-21)13-16-40-23-9-7-20(8-10-23)17-22-18-37(15-12-24(22)28(38)39)29-34-14-11-26(36-29)30(31,32)33/h2-11,14H,12-13,15-18H2,1H3,(H,38,39). The maximum Gasteiger partial charge on any atom is 0.433 e. The molecule has 41 heavy (non-hydrogen) atoms. The number of aliphatic carboxylic acids is 1. The number of ether oxygens (including phenoxy) is 1. The fourth-order valence-corrected chi connectivity index (χ4v) is 4.66. The van der Waals surface area contributed by atoms with E-state index in [9.17, 15) is 23.1 Å². The van der Waals surface area contributed by atoms with Gasteiger partial charge in [-0.2, -0.15) is 13.2 Å². The molecule has 2 aromatic carbocycles. The normalized spacial score (nSPS) is 13.9. The van der Waals surface area contributed by atoms with Crippen LogP contribution < -0.4 is 9.64 Å². The Hall–Kier alpha value is -4.67. The quantitative estimate of drug-likeness (QED) is 0.268. The van der Waals surface area contributed by atoms with Crippen LogP contribution in [-0.2, 0) is 23.8 Å². The molecule has 4 aromatic rings. The second-order valence-corrected chi connectivity index (χ2v) is 9.61. The highest BCUT2D eigenvalue weighted by atomic mass is 19.4. The third-order valence-corrected chi connectivity index (χ3v) is 6.78. The van der Waals surface area contributed by atoms with Crippen molar-refractivity contribution >= 4 is 11.9 Å². The lowest BCUT2D eigenvalue weighted by Gasteiger charge is -2.30. The molecule has 5 rings (SSSR count). The van der Waals surface area contributed by atoms with Crippen molar-refractivity contribution in [1.29, 1.82) is 0 Å². The molecule has 0 fully saturated rings. The number of halogens is 3. The van der Waals surface area contributed by atoms with Gasteiger partial charge in [0, 0.05) is 36.8 Å². The highest BCUT2D eigenvalue weighted by Gasteiger charge is 2.34. The number of benzene rings is 2. The van der Waals surface area contributed by atoms with E-state index in [2.05, 4.69) is 15.0 Å². The maximum atomic E-state index is 13.1. The molecule has 212 valence electrons. The van der Waals surface area contributed by atoms with E-state index < -0.39 is 17.8 Å². The molecule has 0 atom stereocenters. The third-order valence-electron chi connectivity index (χ3n) is 6.78. The van der Waals surface area contributed by atoms with Crippen molar-refractivity contribution in [3.05, 3.63) is 101 Å². The summed E-state index contributed by atoms with van der Waals surface area (Å²) in [6.45, 7) is 2.58. The largest absolute Gasteiger partial charge is 0.493 e. The van der Waals surface area contributed by atoms with Crippen LogP contribution in [-0.4, -0.2) is 45.7 Å². The predicted octanol–water partition coefficient (Wildman–Crippen LogP) is 5.91. The van der Waals surface area contributed by atoms with E-state index in [0.717, 1.165) is 34.8 Å². The van der Waals surface area contributed by atoms with Crippen molar-refractivity contribution in [3.63, 3.8) is 0 Å². The van der Waals surface area contributed by atoms with Gasteiger partial charge < -0.3 is 19.2 Å². The molecule has 0 unspecified atom stereocenters. The van der Waals surface area contributed by atoms with Crippen LogP contribution in [0.4, 0.5) is 19.1 Å². The summed E-state index contributed by atoms with van der Waals surface area (Å²) in [6.07, 6.45) is -2.49. The van der Waals surface area contributed by atoms with Crippen molar-refractivity contribution in [2.75, 3.05) is 24.6 Å². The Kier molecular flexibility index (Phi) is 8.04. The number of carboxylic acid groups (broad SMARTS) is 1. The van der Waals surface area contributed by atoms with Crippen LogP contribution in [0.25, 0.3) is 11.5 Å². The lowest BCUT2D eigenvalue weighted by Crippen LogP contribution is -2.35. The number of anilines is 1. The lowest BCUT2D eigenvalue weighted by atomic mass is 9.94. The van der Waals surface area contributed by atoms with Gasteiger partial charge in [-0.15, -0.1) is 0 Å². The van der Waals surface area contributed by atoms with Gasteiger partial charge in [-0.1, -0.05) is 30.3 Å². The van der Waals surface area contributed by atoms with Gasteiger partial charge in [0.25, 0.3) is 0 Å². The van der Waals surface area contributed by atoms with E-state index in [-0.39, 0.29) is 31.0 Å². The van der Waals surface area contributed by atoms with Gasteiger partial charge in [0.1, 0.15) is 17.2 Å². The minimum absolute atomic E-state index is 0.0799. The molecular formula is C30H27F3N4O4. The number of carbonyl (C=O) groups is 1. The molecule has 1 aliphatic heterocycles. The molecule has 0 saturated carbocycles. The molecule has 0 bridgehead atoms. The average Bonchev–Trinajstić information content (AvgIpc) is 3.34. The van der Waals surface area contributed by atoms with Crippen molar-refractivity contribution in [3.8, 4) is 17.2 Å². The van der Waals surface area contributed by atoms with Crippen LogP contribution in [0.5, 0.6) is 5.75 Å². The molecule has 0 spiro atoms. The Morgan fingerprint density at radius 2 is 1.83 bits per heavy atom. The molecule has 2 aromatic heterocycles. The first-order valence-corrected chi connectivity index (χ1v) is 13.0. The predicted molar refractivity (Wildman–Crippen MR) is 145 cm³/mol. The molecule has 0 aliphatic carbocycles. The van der Waals surface area contributed by atoms with E-state index in [1.54, 1.807) is 17.0 Å². The number of nitrogens with zero attached hydrogens (tertiary/aromatic N) is 4. The van der Waals surface area contributed by atoms with Gasteiger partial charge in [-0.3, -0.25) is 0 Å². The minimum atomic E-state index is -4.60. The van der Waals surface area contributed by atoms with Crippen LogP contribution in [0, 0.1) is 6.92 Å². The second-order valence-electron chi connectivity index (χ2n) is 9.61. The second kappa shape index (κ2) is 11.8. The van der Waals surface area contributed by atoms with Crippen LogP contribution in [0.15, 0.2) is 82.4 Å². The van der Waals surface area contributed by atoms with E-state index in [1.165, 1.54) is 0 Å². The third kappa shape index (κ3) is 6.74. The first kappa shape index (κ1) is 27.9. The number of hydrogen-bond donors (Lipinski definition) is 1. The summed E-state index contributed by atoms with van der Waals surface area (Å²) >= 11 is 0. The number of aromatic nitrogens is 3.